The van der Waals surface area contributed by atoms with Crippen LogP contribution in [0, 0.1) is 0 Å². The van der Waals surface area contributed by atoms with Gasteiger partial charge in [-0.2, -0.15) is 0 Å². The molecule has 0 unspecified atom stereocenters. The van der Waals surface area contributed by atoms with E-state index in [0.29, 0.717) is 0 Å². The van der Waals surface area contributed by atoms with Gasteiger partial charge in [0, 0.05) is 55.6 Å². The Morgan fingerprint density at radius 3 is 2.40 bits per heavy atom. The second-order valence-corrected chi connectivity index (χ2v) is 9.21. The molecule has 3 heteroatoms. The van der Waals surface area contributed by atoms with Gasteiger partial charge in [-0.05, 0) is 40.3 Å². The van der Waals surface area contributed by atoms with Crippen LogP contribution in [0.1, 0.15) is 29.2 Å². The Morgan fingerprint density at radius 2 is 1.66 bits per heavy atom. The van der Waals surface area contributed by atoms with Crippen LogP contribution in [-0.2, 0) is 13.0 Å². The van der Waals surface area contributed by atoms with Gasteiger partial charge in [0.15, 0.2) is 0 Å². The van der Waals surface area contributed by atoms with Crippen molar-refractivity contribution in [3.63, 3.8) is 0 Å². The Labute approximate surface area is 209 Å². The first-order chi connectivity index (χ1) is 17.2. The van der Waals surface area contributed by atoms with Crippen LogP contribution in [0.15, 0.2) is 92.2 Å². The van der Waals surface area contributed by atoms with Crippen LogP contribution in [0.2, 0.25) is 0 Å². The molecule has 0 atom stereocenters. The van der Waals surface area contributed by atoms with Crippen molar-refractivity contribution in [3.05, 3.63) is 114 Å². The zero-order chi connectivity index (χ0) is 24.2. The van der Waals surface area contributed by atoms with Crippen molar-refractivity contribution in [3.8, 4) is 11.1 Å². The smallest absolute Gasteiger partial charge is 0.0780 e. The number of piperazine rings is 1. The molecule has 0 bridgehead atoms. The molecule has 0 N–H and O–H groups in total. The highest BCUT2D eigenvalue weighted by Gasteiger charge is 2.20. The molecule has 3 nitrogen and oxygen atoms in total. The number of benzene rings is 3. The van der Waals surface area contributed by atoms with Crippen LogP contribution in [0.5, 0.6) is 0 Å². The summed E-state index contributed by atoms with van der Waals surface area (Å²) in [7, 11) is 0. The second kappa shape index (κ2) is 10.3. The van der Waals surface area contributed by atoms with E-state index >= 15 is 0 Å². The second-order valence-electron chi connectivity index (χ2n) is 9.21. The molecular weight excluding hydrogens is 426 g/mol. The standard InChI is InChI=1S/C32H33N3/c1-4-25-9-6-10-26(5-2)31(25)23-34-19-21-35(22-20-34)24(3)27-14-16-28(17-15-27)30-13-7-11-29-12-8-18-33-32(29)30/h4,6-18H,1,3,5,19-23H2,2H3. The summed E-state index contributed by atoms with van der Waals surface area (Å²) in [6.45, 7) is 15.7. The fraction of sp³-hybridized carbons (Fsp3) is 0.219. The lowest BCUT2D eigenvalue weighted by Crippen LogP contribution is -2.44. The lowest BCUT2D eigenvalue weighted by Gasteiger charge is -2.37. The van der Waals surface area contributed by atoms with Crippen molar-refractivity contribution in [2.45, 2.75) is 19.9 Å². The Hall–Kier alpha value is -3.69. The van der Waals surface area contributed by atoms with E-state index < -0.39 is 0 Å². The molecule has 4 aromatic rings. The highest BCUT2D eigenvalue weighted by Crippen LogP contribution is 2.29. The molecule has 0 saturated carbocycles. The van der Waals surface area contributed by atoms with E-state index in [1.54, 1.807) is 0 Å². The average Bonchev–Trinajstić information content (AvgIpc) is 2.93. The molecule has 5 rings (SSSR count). The molecule has 0 radical (unpaired) electrons. The van der Waals surface area contributed by atoms with E-state index in [2.05, 4.69) is 102 Å². The minimum Gasteiger partial charge on any atom is -0.369 e. The van der Waals surface area contributed by atoms with Gasteiger partial charge in [0.2, 0.25) is 0 Å². The largest absolute Gasteiger partial charge is 0.369 e. The van der Waals surface area contributed by atoms with Crippen molar-refractivity contribution >= 4 is 22.7 Å². The molecule has 1 saturated heterocycles. The number of para-hydroxylation sites is 1. The van der Waals surface area contributed by atoms with Crippen molar-refractivity contribution in [2.24, 2.45) is 0 Å². The molecule has 3 aromatic carbocycles. The fourth-order valence-corrected chi connectivity index (χ4v) is 5.13. The monoisotopic (exact) mass is 459 g/mol. The Morgan fingerprint density at radius 1 is 0.914 bits per heavy atom. The highest BCUT2D eigenvalue weighted by atomic mass is 15.3. The summed E-state index contributed by atoms with van der Waals surface area (Å²) in [4.78, 5) is 9.59. The van der Waals surface area contributed by atoms with Crippen LogP contribution in [0.4, 0.5) is 0 Å². The molecule has 1 fully saturated rings. The molecule has 1 aliphatic heterocycles. The van der Waals surface area contributed by atoms with Gasteiger partial charge in [0.05, 0.1) is 5.52 Å². The molecule has 0 amide bonds. The van der Waals surface area contributed by atoms with Crippen LogP contribution in [0.25, 0.3) is 33.8 Å². The Balaban J connectivity index is 1.25. The number of pyridine rings is 1. The molecule has 176 valence electrons. The van der Waals surface area contributed by atoms with Crippen molar-refractivity contribution in [1.82, 2.24) is 14.8 Å². The average molecular weight is 460 g/mol. The Kier molecular flexibility index (Phi) is 6.78. The SMILES string of the molecule is C=Cc1cccc(CC)c1CN1CCN(C(=C)c2ccc(-c3cccc4cccnc34)cc2)CC1. The molecule has 1 aliphatic rings. The van der Waals surface area contributed by atoms with E-state index in [-0.39, 0.29) is 0 Å². The first-order valence-electron chi connectivity index (χ1n) is 12.5. The van der Waals surface area contributed by atoms with E-state index in [0.717, 1.165) is 55.7 Å². The number of aromatic nitrogens is 1. The number of rotatable bonds is 7. The number of hydrogen-bond donors (Lipinski definition) is 0. The third kappa shape index (κ3) is 4.78. The molecular formula is C32H33N3. The maximum absolute atomic E-state index is 4.61. The van der Waals surface area contributed by atoms with Gasteiger partial charge in [-0.1, -0.05) is 92.9 Å². The normalized spacial score (nSPS) is 14.3. The lowest BCUT2D eigenvalue weighted by atomic mass is 9.98. The van der Waals surface area contributed by atoms with Gasteiger partial charge in [-0.25, -0.2) is 0 Å². The third-order valence-electron chi connectivity index (χ3n) is 7.21. The van der Waals surface area contributed by atoms with Gasteiger partial charge >= 0.3 is 0 Å². The Bertz CT molecular complexity index is 1340. The lowest BCUT2D eigenvalue weighted by molar-refractivity contribution is 0.169. The van der Waals surface area contributed by atoms with Gasteiger partial charge in [-0.3, -0.25) is 9.88 Å². The number of hydrogen-bond acceptors (Lipinski definition) is 3. The van der Waals surface area contributed by atoms with Crippen LogP contribution < -0.4 is 0 Å². The number of aryl methyl sites for hydroxylation is 1. The maximum Gasteiger partial charge on any atom is 0.0780 e. The molecule has 2 heterocycles. The minimum absolute atomic E-state index is 0.986. The van der Waals surface area contributed by atoms with E-state index in [1.165, 1.54) is 33.4 Å². The van der Waals surface area contributed by atoms with Crippen molar-refractivity contribution < 1.29 is 0 Å². The van der Waals surface area contributed by atoms with Crippen LogP contribution in [-0.4, -0.2) is 41.0 Å². The first-order valence-corrected chi connectivity index (χ1v) is 12.5. The van der Waals surface area contributed by atoms with Crippen LogP contribution in [0.3, 0.4) is 0 Å². The minimum atomic E-state index is 0.986. The summed E-state index contributed by atoms with van der Waals surface area (Å²) in [6.07, 6.45) is 4.91. The van der Waals surface area contributed by atoms with Crippen LogP contribution >= 0.6 is 0 Å². The fourth-order valence-electron chi connectivity index (χ4n) is 5.13. The van der Waals surface area contributed by atoms with E-state index in [9.17, 15) is 0 Å². The molecule has 35 heavy (non-hydrogen) atoms. The van der Waals surface area contributed by atoms with Gasteiger partial charge in [-0.15, -0.1) is 0 Å². The zero-order valence-corrected chi connectivity index (χ0v) is 20.6. The third-order valence-corrected chi connectivity index (χ3v) is 7.21. The maximum atomic E-state index is 4.61. The van der Waals surface area contributed by atoms with Gasteiger partial charge < -0.3 is 4.90 Å². The summed E-state index contributed by atoms with van der Waals surface area (Å²) in [5.41, 5.74) is 9.79. The quantitative estimate of drug-likeness (QED) is 0.300. The molecule has 0 aliphatic carbocycles. The predicted molar refractivity (Wildman–Crippen MR) is 149 cm³/mol. The molecule has 0 spiro atoms. The zero-order valence-electron chi connectivity index (χ0n) is 20.6. The number of nitrogens with zero attached hydrogens (tertiary/aromatic N) is 3. The topological polar surface area (TPSA) is 19.4 Å². The summed E-state index contributed by atoms with van der Waals surface area (Å²) in [5, 5.41) is 1.16. The van der Waals surface area contributed by atoms with E-state index in [4.69, 9.17) is 0 Å². The van der Waals surface area contributed by atoms with E-state index in [1.807, 2.05) is 18.3 Å². The highest BCUT2D eigenvalue weighted by molar-refractivity contribution is 5.93. The summed E-state index contributed by atoms with van der Waals surface area (Å²) < 4.78 is 0. The van der Waals surface area contributed by atoms with Crippen molar-refractivity contribution in [2.75, 3.05) is 26.2 Å². The molecule has 1 aromatic heterocycles. The summed E-state index contributed by atoms with van der Waals surface area (Å²) in [6, 6.07) is 25.8. The van der Waals surface area contributed by atoms with Crippen molar-refractivity contribution in [1.29, 1.82) is 0 Å². The first kappa shape index (κ1) is 23.1. The van der Waals surface area contributed by atoms with Gasteiger partial charge in [0.25, 0.3) is 0 Å². The van der Waals surface area contributed by atoms with Gasteiger partial charge in [0.1, 0.15) is 0 Å². The summed E-state index contributed by atoms with van der Waals surface area (Å²) in [5.74, 6) is 0. The predicted octanol–water partition coefficient (Wildman–Crippen LogP) is 6.90. The summed E-state index contributed by atoms with van der Waals surface area (Å²) >= 11 is 0. The number of fused-ring (bicyclic) bond motifs is 1.